The molecule has 7 nitrogen and oxygen atoms in total. The van der Waals surface area contributed by atoms with Gasteiger partial charge in [-0.05, 0) is 18.2 Å². The first-order chi connectivity index (χ1) is 12.8. The molecule has 0 aliphatic carbocycles. The van der Waals surface area contributed by atoms with Crippen LogP contribution in [-0.2, 0) is 16.4 Å². The molecule has 0 fully saturated rings. The van der Waals surface area contributed by atoms with Crippen molar-refractivity contribution >= 4 is 38.9 Å². The zero-order chi connectivity index (χ0) is 19.6. The number of hydrogen-bond acceptors (Lipinski definition) is 5. The van der Waals surface area contributed by atoms with E-state index in [1.54, 1.807) is 28.9 Å². The van der Waals surface area contributed by atoms with Gasteiger partial charge in [0, 0.05) is 31.4 Å². The molecule has 0 aliphatic rings. The smallest absolute Gasteiger partial charge is 0.240 e. The third kappa shape index (κ3) is 4.30. The maximum absolute atomic E-state index is 12.5. The Labute approximate surface area is 166 Å². The lowest BCUT2D eigenvalue weighted by Crippen LogP contribution is -2.26. The standard InChI is InChI=1S/C17H17Cl2N3O4S/c1-25-15-4-3-13(8-16(15)26-2)27(23,24)20-6-5-12-10-22-9-11(18)7-14(19)17(22)21-12/h3-4,7-10,20H,5-6H2,1-2H3. The molecule has 2 aromatic heterocycles. The Morgan fingerprint density at radius 2 is 1.85 bits per heavy atom. The molecule has 144 valence electrons. The number of hydrogen-bond donors (Lipinski definition) is 1. The van der Waals surface area contributed by atoms with Crippen molar-refractivity contribution in [1.82, 2.24) is 14.1 Å². The second-order valence-corrected chi connectivity index (χ2v) is 8.24. The van der Waals surface area contributed by atoms with Crippen LogP contribution in [0, 0.1) is 0 Å². The molecular formula is C17H17Cl2N3O4S. The fourth-order valence-corrected chi connectivity index (χ4v) is 4.15. The molecule has 10 heteroatoms. The zero-order valence-electron chi connectivity index (χ0n) is 14.6. The number of rotatable bonds is 7. The highest BCUT2D eigenvalue weighted by Crippen LogP contribution is 2.29. The van der Waals surface area contributed by atoms with Crippen molar-refractivity contribution in [3.63, 3.8) is 0 Å². The molecule has 0 aliphatic heterocycles. The molecule has 0 atom stereocenters. The molecule has 0 amide bonds. The highest BCUT2D eigenvalue weighted by molar-refractivity contribution is 7.89. The highest BCUT2D eigenvalue weighted by atomic mass is 35.5. The van der Waals surface area contributed by atoms with Crippen LogP contribution in [0.2, 0.25) is 10.0 Å². The van der Waals surface area contributed by atoms with Crippen LogP contribution in [-0.4, -0.2) is 38.6 Å². The predicted molar refractivity (Wildman–Crippen MR) is 104 cm³/mol. The van der Waals surface area contributed by atoms with Gasteiger partial charge in [0.2, 0.25) is 10.0 Å². The van der Waals surface area contributed by atoms with E-state index < -0.39 is 10.0 Å². The van der Waals surface area contributed by atoms with Crippen molar-refractivity contribution in [2.45, 2.75) is 11.3 Å². The van der Waals surface area contributed by atoms with Crippen LogP contribution < -0.4 is 14.2 Å². The average Bonchev–Trinajstić information content (AvgIpc) is 3.04. The summed E-state index contributed by atoms with van der Waals surface area (Å²) in [6.07, 6.45) is 3.84. The van der Waals surface area contributed by atoms with E-state index in [4.69, 9.17) is 32.7 Å². The lowest BCUT2D eigenvalue weighted by Gasteiger charge is -2.10. The molecule has 0 spiro atoms. The summed E-state index contributed by atoms with van der Waals surface area (Å²) in [5.41, 5.74) is 1.26. The summed E-state index contributed by atoms with van der Waals surface area (Å²) in [6.45, 7) is 0.173. The van der Waals surface area contributed by atoms with Gasteiger partial charge < -0.3 is 13.9 Å². The minimum absolute atomic E-state index is 0.0879. The normalized spacial score (nSPS) is 11.7. The number of halogens is 2. The Kier molecular flexibility index (Phi) is 5.81. The van der Waals surface area contributed by atoms with Crippen molar-refractivity contribution in [3.05, 3.63) is 52.4 Å². The SMILES string of the molecule is COc1ccc(S(=O)(=O)NCCc2cn3cc(Cl)cc(Cl)c3n2)cc1OC. The third-order valence-electron chi connectivity index (χ3n) is 3.86. The Morgan fingerprint density at radius 3 is 2.56 bits per heavy atom. The summed E-state index contributed by atoms with van der Waals surface area (Å²) in [5, 5.41) is 0.922. The fraction of sp³-hybridized carbons (Fsp3) is 0.235. The molecule has 0 saturated carbocycles. The molecule has 0 unspecified atom stereocenters. The quantitative estimate of drug-likeness (QED) is 0.623. The lowest BCUT2D eigenvalue weighted by molar-refractivity contribution is 0.354. The number of aromatic nitrogens is 2. The Bertz CT molecular complexity index is 1080. The van der Waals surface area contributed by atoms with E-state index in [9.17, 15) is 8.42 Å². The second kappa shape index (κ2) is 7.93. The summed E-state index contributed by atoms with van der Waals surface area (Å²) in [7, 11) is -0.769. The molecule has 0 radical (unpaired) electrons. The van der Waals surface area contributed by atoms with E-state index >= 15 is 0 Å². The molecule has 3 rings (SSSR count). The number of nitrogens with zero attached hydrogens (tertiary/aromatic N) is 2. The number of pyridine rings is 1. The fourth-order valence-electron chi connectivity index (χ4n) is 2.58. The topological polar surface area (TPSA) is 81.9 Å². The summed E-state index contributed by atoms with van der Waals surface area (Å²) in [4.78, 5) is 4.48. The van der Waals surface area contributed by atoms with E-state index in [0.717, 1.165) is 0 Å². The molecule has 3 aromatic rings. The summed E-state index contributed by atoms with van der Waals surface area (Å²) < 4.78 is 39.5. The lowest BCUT2D eigenvalue weighted by atomic mass is 10.3. The maximum Gasteiger partial charge on any atom is 0.240 e. The molecule has 1 N–H and O–H groups in total. The van der Waals surface area contributed by atoms with Crippen LogP contribution in [0.5, 0.6) is 11.5 Å². The number of ether oxygens (including phenoxy) is 2. The van der Waals surface area contributed by atoms with Crippen LogP contribution in [0.1, 0.15) is 5.69 Å². The predicted octanol–water partition coefficient (Wildman–Crippen LogP) is 3.18. The van der Waals surface area contributed by atoms with Gasteiger partial charge in [-0.1, -0.05) is 23.2 Å². The van der Waals surface area contributed by atoms with E-state index in [-0.39, 0.29) is 11.4 Å². The summed E-state index contributed by atoms with van der Waals surface area (Å²) in [5.74, 6) is 0.795. The van der Waals surface area contributed by atoms with Crippen LogP contribution >= 0.6 is 23.2 Å². The van der Waals surface area contributed by atoms with E-state index in [0.29, 0.717) is 39.3 Å². The van der Waals surface area contributed by atoms with E-state index in [1.165, 1.54) is 26.4 Å². The minimum atomic E-state index is -3.70. The van der Waals surface area contributed by atoms with Crippen LogP contribution in [0.3, 0.4) is 0 Å². The Morgan fingerprint density at radius 1 is 1.11 bits per heavy atom. The molecule has 0 bridgehead atoms. The van der Waals surface area contributed by atoms with E-state index in [2.05, 4.69) is 9.71 Å². The number of imidazole rings is 1. The molecule has 0 saturated heterocycles. The van der Waals surface area contributed by atoms with Gasteiger partial charge in [0.15, 0.2) is 17.1 Å². The summed E-state index contributed by atoms with van der Waals surface area (Å²) >= 11 is 12.1. The Balaban J connectivity index is 1.72. The molecule has 2 heterocycles. The van der Waals surface area contributed by atoms with Gasteiger partial charge in [0.1, 0.15) is 0 Å². The number of fused-ring (bicyclic) bond motifs is 1. The number of benzene rings is 1. The van der Waals surface area contributed by atoms with Crippen molar-refractivity contribution in [1.29, 1.82) is 0 Å². The maximum atomic E-state index is 12.5. The largest absolute Gasteiger partial charge is 0.493 e. The number of sulfonamides is 1. The van der Waals surface area contributed by atoms with Crippen molar-refractivity contribution in [3.8, 4) is 11.5 Å². The van der Waals surface area contributed by atoms with Gasteiger partial charge in [-0.25, -0.2) is 18.1 Å². The van der Waals surface area contributed by atoms with Gasteiger partial charge in [-0.2, -0.15) is 0 Å². The summed E-state index contributed by atoms with van der Waals surface area (Å²) in [6, 6.07) is 6.01. The van der Waals surface area contributed by atoms with Crippen LogP contribution in [0.25, 0.3) is 5.65 Å². The first-order valence-electron chi connectivity index (χ1n) is 7.88. The van der Waals surface area contributed by atoms with Crippen LogP contribution in [0.15, 0.2) is 41.6 Å². The second-order valence-electron chi connectivity index (χ2n) is 5.63. The number of nitrogens with one attached hydrogen (secondary N) is 1. The van der Waals surface area contributed by atoms with Gasteiger partial charge in [0.05, 0.1) is 34.9 Å². The monoisotopic (exact) mass is 429 g/mol. The van der Waals surface area contributed by atoms with Gasteiger partial charge in [0.25, 0.3) is 0 Å². The zero-order valence-corrected chi connectivity index (χ0v) is 16.9. The molecule has 27 heavy (non-hydrogen) atoms. The van der Waals surface area contributed by atoms with Crippen molar-refractivity contribution < 1.29 is 17.9 Å². The van der Waals surface area contributed by atoms with Gasteiger partial charge in [-0.3, -0.25) is 0 Å². The first kappa shape index (κ1) is 19.8. The Hall–Kier alpha value is -2.00. The van der Waals surface area contributed by atoms with Crippen molar-refractivity contribution in [2.75, 3.05) is 20.8 Å². The number of methoxy groups -OCH3 is 2. The third-order valence-corrected chi connectivity index (χ3v) is 5.80. The molecule has 1 aromatic carbocycles. The van der Waals surface area contributed by atoms with Crippen LogP contribution in [0.4, 0.5) is 0 Å². The average molecular weight is 430 g/mol. The molecular weight excluding hydrogens is 413 g/mol. The van der Waals surface area contributed by atoms with Crippen molar-refractivity contribution in [2.24, 2.45) is 0 Å². The van der Waals surface area contributed by atoms with Gasteiger partial charge >= 0.3 is 0 Å². The van der Waals surface area contributed by atoms with Gasteiger partial charge in [-0.15, -0.1) is 0 Å². The highest BCUT2D eigenvalue weighted by Gasteiger charge is 2.17. The van der Waals surface area contributed by atoms with E-state index in [1.807, 2.05) is 0 Å². The minimum Gasteiger partial charge on any atom is -0.493 e. The first-order valence-corrected chi connectivity index (χ1v) is 10.1.